The Bertz CT molecular complexity index is 842. The van der Waals surface area contributed by atoms with Gasteiger partial charge in [0, 0.05) is 24.3 Å². The number of rotatable bonds is 4. The Morgan fingerprint density at radius 1 is 0.786 bits per heavy atom. The lowest BCUT2D eigenvalue weighted by Crippen LogP contribution is -2.55. The molecule has 5 heteroatoms. The van der Waals surface area contributed by atoms with Gasteiger partial charge in [0.2, 0.25) is 0 Å². The summed E-state index contributed by atoms with van der Waals surface area (Å²) in [7, 11) is 0. The van der Waals surface area contributed by atoms with Gasteiger partial charge in [0.1, 0.15) is 0 Å². The van der Waals surface area contributed by atoms with Crippen molar-refractivity contribution in [1.82, 2.24) is 0 Å². The molecule has 0 aromatic heterocycles. The third-order valence-corrected chi connectivity index (χ3v) is 6.08. The average Bonchev–Trinajstić information content (AvgIpc) is 3.46. The molecule has 2 aromatic rings. The number of nitrogens with one attached hydrogen (secondary N) is 2. The van der Waals surface area contributed by atoms with Gasteiger partial charge in [0.05, 0.1) is 35.7 Å². The summed E-state index contributed by atoms with van der Waals surface area (Å²) in [5.74, 6) is 0.0418. The van der Waals surface area contributed by atoms with Gasteiger partial charge in [-0.25, -0.2) is 0 Å². The Morgan fingerprint density at radius 2 is 1.43 bits per heavy atom. The van der Waals surface area contributed by atoms with E-state index in [1.54, 1.807) is 0 Å². The van der Waals surface area contributed by atoms with Crippen molar-refractivity contribution in [3.05, 3.63) is 59.7 Å². The normalized spacial score (nSPS) is 29.0. The van der Waals surface area contributed by atoms with Crippen molar-refractivity contribution in [2.45, 2.75) is 50.0 Å². The van der Waals surface area contributed by atoms with E-state index in [4.69, 9.17) is 9.47 Å². The lowest BCUT2D eigenvalue weighted by atomic mass is 9.90. The van der Waals surface area contributed by atoms with E-state index in [0.717, 1.165) is 50.3 Å². The molecule has 146 valence electrons. The van der Waals surface area contributed by atoms with Crippen LogP contribution < -0.4 is 10.6 Å². The Morgan fingerprint density at radius 3 is 2.04 bits per heavy atom. The Balaban J connectivity index is 1.44. The van der Waals surface area contributed by atoms with Crippen molar-refractivity contribution < 1.29 is 14.3 Å². The number of ether oxygens (including phenoxy) is 2. The lowest BCUT2D eigenvalue weighted by molar-refractivity contribution is 0.0475. The van der Waals surface area contributed by atoms with Gasteiger partial charge in [-0.05, 0) is 43.9 Å². The average molecular weight is 378 g/mol. The van der Waals surface area contributed by atoms with Gasteiger partial charge >= 0.3 is 0 Å². The number of ketones is 1. The second-order valence-corrected chi connectivity index (χ2v) is 7.90. The summed E-state index contributed by atoms with van der Waals surface area (Å²) >= 11 is 0. The van der Waals surface area contributed by atoms with Gasteiger partial charge in [-0.3, -0.25) is 4.79 Å². The van der Waals surface area contributed by atoms with Crippen molar-refractivity contribution in [3.8, 4) is 0 Å². The minimum atomic E-state index is 0.0418. The van der Waals surface area contributed by atoms with Crippen LogP contribution in [0.3, 0.4) is 0 Å². The summed E-state index contributed by atoms with van der Waals surface area (Å²) in [6.07, 6.45) is 4.70. The SMILES string of the molecule is O=C(c1ccccc1)c1ccc2c(c1)NC(C1CCCO1)C(C1CCCO1)N2. The first kappa shape index (κ1) is 17.7. The second-order valence-electron chi connectivity index (χ2n) is 7.90. The molecule has 0 aliphatic carbocycles. The van der Waals surface area contributed by atoms with E-state index >= 15 is 0 Å². The number of carbonyl (C=O) groups excluding carboxylic acids is 1. The van der Waals surface area contributed by atoms with Crippen LogP contribution in [0.25, 0.3) is 0 Å². The molecule has 2 N–H and O–H groups in total. The molecular formula is C23H26N2O3. The molecule has 2 fully saturated rings. The number of benzene rings is 2. The Kier molecular flexibility index (Phi) is 4.79. The quantitative estimate of drug-likeness (QED) is 0.792. The number of carbonyl (C=O) groups is 1. The molecule has 3 aliphatic heterocycles. The fourth-order valence-electron chi connectivity index (χ4n) is 4.65. The highest BCUT2D eigenvalue weighted by molar-refractivity contribution is 6.09. The van der Waals surface area contributed by atoms with E-state index in [-0.39, 0.29) is 30.1 Å². The summed E-state index contributed by atoms with van der Waals surface area (Å²) in [6, 6.07) is 15.6. The summed E-state index contributed by atoms with van der Waals surface area (Å²) < 4.78 is 12.0. The van der Waals surface area contributed by atoms with Crippen LogP contribution in [-0.4, -0.2) is 43.3 Å². The number of hydrogen-bond donors (Lipinski definition) is 2. The Labute approximate surface area is 165 Å². The molecule has 4 atom stereocenters. The number of fused-ring (bicyclic) bond motifs is 1. The van der Waals surface area contributed by atoms with E-state index in [1.165, 1.54) is 0 Å². The van der Waals surface area contributed by atoms with Crippen LogP contribution in [0, 0.1) is 0 Å². The third kappa shape index (κ3) is 3.29. The maximum atomic E-state index is 12.9. The van der Waals surface area contributed by atoms with Gasteiger partial charge in [-0.1, -0.05) is 30.3 Å². The van der Waals surface area contributed by atoms with Gasteiger partial charge < -0.3 is 20.1 Å². The van der Waals surface area contributed by atoms with Crippen LogP contribution in [-0.2, 0) is 9.47 Å². The first-order valence-electron chi connectivity index (χ1n) is 10.3. The summed E-state index contributed by atoms with van der Waals surface area (Å²) in [6.45, 7) is 1.65. The smallest absolute Gasteiger partial charge is 0.193 e. The molecule has 2 saturated heterocycles. The summed E-state index contributed by atoms with van der Waals surface area (Å²) in [5.41, 5.74) is 3.40. The summed E-state index contributed by atoms with van der Waals surface area (Å²) in [5, 5.41) is 7.39. The van der Waals surface area contributed by atoms with Crippen molar-refractivity contribution in [3.63, 3.8) is 0 Å². The minimum Gasteiger partial charge on any atom is -0.376 e. The van der Waals surface area contributed by atoms with Crippen molar-refractivity contribution >= 4 is 17.2 Å². The zero-order valence-electron chi connectivity index (χ0n) is 15.9. The highest BCUT2D eigenvalue weighted by Crippen LogP contribution is 2.36. The predicted octanol–water partition coefficient (Wildman–Crippen LogP) is 3.85. The maximum absolute atomic E-state index is 12.9. The van der Waals surface area contributed by atoms with Crippen LogP contribution in [0.15, 0.2) is 48.5 Å². The topological polar surface area (TPSA) is 59.6 Å². The molecule has 3 aliphatic rings. The molecule has 4 unspecified atom stereocenters. The van der Waals surface area contributed by atoms with E-state index in [0.29, 0.717) is 11.1 Å². The second kappa shape index (κ2) is 7.57. The first-order valence-corrected chi connectivity index (χ1v) is 10.3. The highest BCUT2D eigenvalue weighted by Gasteiger charge is 2.41. The van der Waals surface area contributed by atoms with Crippen LogP contribution in [0.4, 0.5) is 11.4 Å². The summed E-state index contributed by atoms with van der Waals surface area (Å²) in [4.78, 5) is 12.9. The lowest BCUT2D eigenvalue weighted by Gasteiger charge is -2.41. The zero-order chi connectivity index (χ0) is 18.9. The first-order chi connectivity index (χ1) is 13.8. The van der Waals surface area contributed by atoms with E-state index in [2.05, 4.69) is 10.6 Å². The third-order valence-electron chi connectivity index (χ3n) is 6.08. The molecule has 28 heavy (non-hydrogen) atoms. The van der Waals surface area contributed by atoms with Crippen molar-refractivity contribution in [1.29, 1.82) is 0 Å². The monoisotopic (exact) mass is 378 g/mol. The maximum Gasteiger partial charge on any atom is 0.193 e. The van der Waals surface area contributed by atoms with Crippen molar-refractivity contribution in [2.75, 3.05) is 23.8 Å². The standard InChI is InChI=1S/C23H26N2O3/c26-23(15-6-2-1-3-7-15)16-10-11-17-18(14-16)25-22(20-9-5-13-28-20)21(24-17)19-8-4-12-27-19/h1-3,6-7,10-11,14,19-22,24-25H,4-5,8-9,12-13H2. The van der Waals surface area contributed by atoms with Gasteiger partial charge in [-0.15, -0.1) is 0 Å². The zero-order valence-corrected chi connectivity index (χ0v) is 15.9. The van der Waals surface area contributed by atoms with Gasteiger partial charge in [0.15, 0.2) is 5.78 Å². The highest BCUT2D eigenvalue weighted by atomic mass is 16.5. The minimum absolute atomic E-state index is 0.0418. The molecule has 0 radical (unpaired) electrons. The molecule has 0 saturated carbocycles. The number of hydrogen-bond acceptors (Lipinski definition) is 5. The molecule has 5 nitrogen and oxygen atoms in total. The molecule has 5 rings (SSSR count). The molecule has 3 heterocycles. The van der Waals surface area contributed by atoms with Gasteiger partial charge in [-0.2, -0.15) is 0 Å². The fourth-order valence-corrected chi connectivity index (χ4v) is 4.65. The Hall–Kier alpha value is -2.37. The van der Waals surface area contributed by atoms with E-state index < -0.39 is 0 Å². The number of anilines is 2. The molecule has 0 amide bonds. The van der Waals surface area contributed by atoms with Crippen LogP contribution in [0.2, 0.25) is 0 Å². The fraction of sp³-hybridized carbons (Fsp3) is 0.435. The largest absolute Gasteiger partial charge is 0.376 e. The predicted molar refractivity (Wildman–Crippen MR) is 109 cm³/mol. The van der Waals surface area contributed by atoms with Gasteiger partial charge in [0.25, 0.3) is 0 Å². The van der Waals surface area contributed by atoms with Crippen molar-refractivity contribution in [2.24, 2.45) is 0 Å². The molecule has 0 bridgehead atoms. The van der Waals surface area contributed by atoms with E-state index in [1.807, 2.05) is 48.5 Å². The van der Waals surface area contributed by atoms with E-state index in [9.17, 15) is 4.79 Å². The van der Waals surface area contributed by atoms with Crippen LogP contribution >= 0.6 is 0 Å². The van der Waals surface area contributed by atoms with Crippen LogP contribution in [0.5, 0.6) is 0 Å². The molecular weight excluding hydrogens is 352 g/mol. The molecule has 2 aromatic carbocycles. The molecule has 0 spiro atoms. The van der Waals surface area contributed by atoms with Crippen LogP contribution in [0.1, 0.15) is 41.6 Å².